The van der Waals surface area contributed by atoms with Crippen LogP contribution in [0.2, 0.25) is 0 Å². The number of carbonyl (C=O) groups is 1. The van der Waals surface area contributed by atoms with Crippen molar-refractivity contribution in [3.8, 4) is 0 Å². The van der Waals surface area contributed by atoms with Crippen LogP contribution in [0.25, 0.3) is 0 Å². The molecule has 1 N–H and O–H groups in total. The molecule has 1 aromatic heterocycles. The van der Waals surface area contributed by atoms with Gasteiger partial charge in [0.1, 0.15) is 0 Å². The normalized spacial score (nSPS) is 17.8. The molecule has 0 saturated carbocycles. The molecule has 5 nitrogen and oxygen atoms in total. The summed E-state index contributed by atoms with van der Waals surface area (Å²) in [7, 11) is 0. The lowest BCUT2D eigenvalue weighted by molar-refractivity contribution is 0.0950. The molecule has 0 bridgehead atoms. The lowest BCUT2D eigenvalue weighted by Gasteiger charge is -2.16. The van der Waals surface area contributed by atoms with Crippen LogP contribution < -0.4 is 5.32 Å². The highest BCUT2D eigenvalue weighted by Crippen LogP contribution is 2.21. The minimum absolute atomic E-state index is 0.00339. The number of hydrogen-bond donors (Lipinski definition) is 1. The van der Waals surface area contributed by atoms with Gasteiger partial charge in [0.15, 0.2) is 0 Å². The number of amides is 1. The Morgan fingerprint density at radius 3 is 2.84 bits per heavy atom. The highest BCUT2D eigenvalue weighted by Gasteiger charge is 2.22. The third-order valence-electron chi connectivity index (χ3n) is 4.97. The number of benzene rings is 1. The summed E-state index contributed by atoms with van der Waals surface area (Å²) in [6.45, 7) is 8.73. The molecule has 0 radical (unpaired) electrons. The second-order valence-electron chi connectivity index (χ2n) is 6.90. The fourth-order valence-electron chi connectivity index (χ4n) is 3.52. The molecule has 1 atom stereocenters. The fourth-order valence-corrected chi connectivity index (χ4v) is 3.52. The van der Waals surface area contributed by atoms with Gasteiger partial charge in [-0.3, -0.25) is 14.4 Å². The summed E-state index contributed by atoms with van der Waals surface area (Å²) in [6.07, 6.45) is 4.09. The Hall–Kier alpha value is -2.14. The first-order valence-corrected chi connectivity index (χ1v) is 9.24. The van der Waals surface area contributed by atoms with Crippen LogP contribution in [0.5, 0.6) is 0 Å². The topological polar surface area (TPSA) is 50.2 Å². The zero-order valence-electron chi connectivity index (χ0n) is 15.2. The molecule has 25 heavy (non-hydrogen) atoms. The highest BCUT2D eigenvalue weighted by atomic mass is 16.1. The quantitative estimate of drug-likeness (QED) is 0.843. The number of aryl methyl sites for hydroxylation is 2. The lowest BCUT2D eigenvalue weighted by Crippen LogP contribution is -2.27. The van der Waals surface area contributed by atoms with E-state index in [-0.39, 0.29) is 5.91 Å². The van der Waals surface area contributed by atoms with Gasteiger partial charge in [0, 0.05) is 32.4 Å². The molecule has 5 heteroatoms. The molecule has 1 fully saturated rings. The number of aromatic nitrogens is 2. The Morgan fingerprint density at radius 1 is 1.32 bits per heavy atom. The predicted octanol–water partition coefficient (Wildman–Crippen LogP) is 2.85. The number of hydrogen-bond acceptors (Lipinski definition) is 3. The van der Waals surface area contributed by atoms with Crippen LogP contribution in [-0.4, -0.2) is 40.2 Å². The second kappa shape index (κ2) is 8.30. The van der Waals surface area contributed by atoms with Crippen LogP contribution in [-0.2, 0) is 13.1 Å². The molecule has 2 aromatic rings. The van der Waals surface area contributed by atoms with E-state index in [2.05, 4.69) is 45.6 Å². The van der Waals surface area contributed by atoms with Gasteiger partial charge in [-0.15, -0.1) is 0 Å². The van der Waals surface area contributed by atoms with Crippen LogP contribution in [0.1, 0.15) is 41.4 Å². The van der Waals surface area contributed by atoms with Crippen molar-refractivity contribution in [1.82, 2.24) is 20.0 Å². The molecule has 1 aliphatic heterocycles. The minimum Gasteiger partial charge on any atom is -0.352 e. The summed E-state index contributed by atoms with van der Waals surface area (Å²) in [4.78, 5) is 14.8. The second-order valence-corrected chi connectivity index (χ2v) is 6.90. The maximum atomic E-state index is 12.3. The summed E-state index contributed by atoms with van der Waals surface area (Å²) in [5.41, 5.74) is 2.87. The summed E-state index contributed by atoms with van der Waals surface area (Å²) < 4.78 is 1.81. The number of nitrogens with zero attached hydrogens (tertiary/aromatic N) is 3. The van der Waals surface area contributed by atoms with Gasteiger partial charge in [-0.25, -0.2) is 0 Å². The van der Waals surface area contributed by atoms with Gasteiger partial charge in [-0.1, -0.05) is 30.3 Å². The molecule has 0 unspecified atom stereocenters. The average molecular weight is 340 g/mol. The Kier molecular flexibility index (Phi) is 5.87. The molecular weight excluding hydrogens is 312 g/mol. The minimum atomic E-state index is -0.00339. The summed E-state index contributed by atoms with van der Waals surface area (Å²) >= 11 is 0. The average Bonchev–Trinajstić information content (AvgIpc) is 3.22. The van der Waals surface area contributed by atoms with E-state index in [0.29, 0.717) is 11.5 Å². The summed E-state index contributed by atoms with van der Waals surface area (Å²) in [5, 5.41) is 7.39. The van der Waals surface area contributed by atoms with Crippen LogP contribution >= 0.6 is 0 Å². The molecule has 1 saturated heterocycles. The maximum absolute atomic E-state index is 12.3. The molecule has 0 spiro atoms. The van der Waals surface area contributed by atoms with Gasteiger partial charge in [-0.2, -0.15) is 5.10 Å². The number of carbonyl (C=O) groups excluding carboxylic acids is 1. The standard InChI is InChI=1S/C20H28N4O/c1-3-24-15-19(16(2)22-24)20(25)21-11-9-18-10-12-23(14-18)13-17-7-5-4-6-8-17/h4-8,15,18H,3,9-14H2,1-2H3,(H,21,25)/t18-/m1/s1. The van der Waals surface area contributed by atoms with Gasteiger partial charge in [0.2, 0.25) is 0 Å². The molecule has 1 amide bonds. The monoisotopic (exact) mass is 340 g/mol. The van der Waals surface area contributed by atoms with Crippen molar-refractivity contribution in [3.05, 3.63) is 53.3 Å². The van der Waals surface area contributed by atoms with Crippen molar-refractivity contribution in [2.24, 2.45) is 5.92 Å². The molecule has 1 aromatic carbocycles. The van der Waals surface area contributed by atoms with E-state index in [1.54, 1.807) is 0 Å². The van der Waals surface area contributed by atoms with E-state index < -0.39 is 0 Å². The Morgan fingerprint density at radius 2 is 2.12 bits per heavy atom. The van der Waals surface area contributed by atoms with Crippen molar-refractivity contribution in [2.45, 2.75) is 39.8 Å². The van der Waals surface area contributed by atoms with Gasteiger partial charge < -0.3 is 5.32 Å². The van der Waals surface area contributed by atoms with E-state index in [1.807, 2.05) is 24.7 Å². The zero-order chi connectivity index (χ0) is 17.6. The Balaban J connectivity index is 1.41. The summed E-state index contributed by atoms with van der Waals surface area (Å²) in [5.74, 6) is 0.666. The number of likely N-dealkylation sites (tertiary alicyclic amines) is 1. The molecular formula is C20H28N4O. The van der Waals surface area contributed by atoms with E-state index in [0.717, 1.165) is 44.8 Å². The smallest absolute Gasteiger partial charge is 0.254 e. The van der Waals surface area contributed by atoms with Crippen molar-refractivity contribution in [3.63, 3.8) is 0 Å². The molecule has 0 aliphatic carbocycles. The first-order chi connectivity index (χ1) is 12.2. The molecule has 3 rings (SSSR count). The number of nitrogens with one attached hydrogen (secondary N) is 1. The van der Waals surface area contributed by atoms with Gasteiger partial charge in [-0.05, 0) is 44.7 Å². The van der Waals surface area contributed by atoms with Crippen molar-refractivity contribution < 1.29 is 4.79 Å². The molecule has 2 heterocycles. The van der Waals surface area contributed by atoms with Crippen LogP contribution in [0.3, 0.4) is 0 Å². The molecule has 134 valence electrons. The summed E-state index contributed by atoms with van der Waals surface area (Å²) in [6, 6.07) is 10.6. The van der Waals surface area contributed by atoms with E-state index in [9.17, 15) is 4.79 Å². The van der Waals surface area contributed by atoms with Crippen molar-refractivity contribution >= 4 is 5.91 Å². The lowest BCUT2D eigenvalue weighted by atomic mass is 10.1. The third kappa shape index (κ3) is 4.69. The van der Waals surface area contributed by atoms with Crippen LogP contribution in [0, 0.1) is 12.8 Å². The Bertz CT molecular complexity index is 695. The van der Waals surface area contributed by atoms with Crippen LogP contribution in [0.4, 0.5) is 0 Å². The van der Waals surface area contributed by atoms with Gasteiger partial charge in [0.25, 0.3) is 5.91 Å². The van der Waals surface area contributed by atoms with Gasteiger partial charge >= 0.3 is 0 Å². The van der Waals surface area contributed by atoms with Crippen molar-refractivity contribution in [1.29, 1.82) is 0 Å². The predicted molar refractivity (Wildman–Crippen MR) is 99.4 cm³/mol. The largest absolute Gasteiger partial charge is 0.352 e. The highest BCUT2D eigenvalue weighted by molar-refractivity contribution is 5.94. The maximum Gasteiger partial charge on any atom is 0.254 e. The van der Waals surface area contributed by atoms with E-state index in [1.165, 1.54) is 12.0 Å². The molecule has 1 aliphatic rings. The zero-order valence-corrected chi connectivity index (χ0v) is 15.2. The SMILES string of the molecule is CCn1cc(C(=O)NCC[C@@H]2CCN(Cc3ccccc3)C2)c(C)n1. The van der Waals surface area contributed by atoms with Gasteiger partial charge in [0.05, 0.1) is 11.3 Å². The van der Waals surface area contributed by atoms with E-state index >= 15 is 0 Å². The number of rotatable bonds is 7. The first kappa shape index (κ1) is 17.7. The van der Waals surface area contributed by atoms with E-state index in [4.69, 9.17) is 0 Å². The van der Waals surface area contributed by atoms with Crippen LogP contribution in [0.15, 0.2) is 36.5 Å². The third-order valence-corrected chi connectivity index (χ3v) is 4.97. The Labute approximate surface area is 150 Å². The fraction of sp³-hybridized carbons (Fsp3) is 0.500. The van der Waals surface area contributed by atoms with Crippen molar-refractivity contribution in [2.75, 3.05) is 19.6 Å². The first-order valence-electron chi connectivity index (χ1n) is 9.24.